The molecule has 1 amide bonds. The summed E-state index contributed by atoms with van der Waals surface area (Å²) < 4.78 is 0. The second-order valence-corrected chi connectivity index (χ2v) is 7.30. The molecule has 1 atom stereocenters. The summed E-state index contributed by atoms with van der Waals surface area (Å²) in [4.78, 5) is 25.4. The van der Waals surface area contributed by atoms with E-state index >= 15 is 0 Å². The van der Waals surface area contributed by atoms with Crippen LogP contribution in [0.1, 0.15) is 28.9 Å². The fourth-order valence-electron chi connectivity index (χ4n) is 3.27. The number of amides is 1. The molecule has 0 spiro atoms. The first-order valence-electron chi connectivity index (χ1n) is 10.3. The average Bonchev–Trinajstić information content (AvgIpc) is 2.85. The zero-order valence-electron chi connectivity index (χ0n) is 17.9. The maximum atomic E-state index is 12.4. The van der Waals surface area contributed by atoms with Gasteiger partial charge in [0.15, 0.2) is 0 Å². The maximum Gasteiger partial charge on any atom is 0.257 e. The van der Waals surface area contributed by atoms with Crippen molar-refractivity contribution in [3.63, 3.8) is 0 Å². The molecule has 4 rings (SSSR count). The number of anilines is 3. The molecule has 0 saturated heterocycles. The molecular weight excluding hydrogens is 400 g/mol. The van der Waals surface area contributed by atoms with Crippen LogP contribution in [0.25, 0.3) is 11.3 Å². The fourth-order valence-corrected chi connectivity index (χ4v) is 3.27. The lowest BCUT2D eigenvalue weighted by Gasteiger charge is -2.16. The van der Waals surface area contributed by atoms with Crippen molar-refractivity contribution in [2.24, 2.45) is 0 Å². The minimum absolute atomic E-state index is 0.0403. The van der Waals surface area contributed by atoms with E-state index in [0.29, 0.717) is 11.4 Å². The van der Waals surface area contributed by atoms with Gasteiger partial charge in [0.2, 0.25) is 0 Å². The summed E-state index contributed by atoms with van der Waals surface area (Å²) in [6.45, 7) is 2.04. The van der Waals surface area contributed by atoms with Gasteiger partial charge in [-0.3, -0.25) is 14.8 Å². The quantitative estimate of drug-likeness (QED) is 0.386. The van der Waals surface area contributed by atoms with E-state index in [1.54, 1.807) is 36.9 Å². The minimum atomic E-state index is -0.196. The molecule has 2 aromatic heterocycles. The number of carbonyl (C=O) groups is 1. The van der Waals surface area contributed by atoms with Crippen molar-refractivity contribution in [3.05, 3.63) is 96.6 Å². The molecule has 7 nitrogen and oxygen atoms in total. The number of rotatable bonds is 7. The third-order valence-corrected chi connectivity index (χ3v) is 5.04. The molecule has 2 heterocycles. The standard InChI is InChI=1S/C25H24N6O/c1-17(19-5-3-7-22(13-19)30-25(32)20-6-4-12-27-14-20)29-24-16-28-15-23(31-24)18-8-10-21(26-2)11-9-18/h3-17,26H,1-2H3,(H,29,31)(H,30,32)/t17-/m0/s1. The molecule has 32 heavy (non-hydrogen) atoms. The first kappa shape index (κ1) is 21.0. The predicted octanol–water partition coefficient (Wildman–Crippen LogP) is 5.01. The van der Waals surface area contributed by atoms with Crippen molar-refractivity contribution in [2.75, 3.05) is 23.0 Å². The Hall–Kier alpha value is -4.26. The maximum absolute atomic E-state index is 12.4. The number of hydrogen-bond donors (Lipinski definition) is 3. The second-order valence-electron chi connectivity index (χ2n) is 7.30. The Bertz CT molecular complexity index is 1190. The third-order valence-electron chi connectivity index (χ3n) is 5.04. The smallest absolute Gasteiger partial charge is 0.257 e. The summed E-state index contributed by atoms with van der Waals surface area (Å²) in [6, 6.07) is 19.2. The molecule has 0 bridgehead atoms. The Labute approximate surface area is 187 Å². The van der Waals surface area contributed by atoms with Gasteiger partial charge < -0.3 is 16.0 Å². The Morgan fingerprint density at radius 3 is 2.50 bits per heavy atom. The molecule has 0 radical (unpaired) electrons. The van der Waals surface area contributed by atoms with Gasteiger partial charge in [-0.2, -0.15) is 0 Å². The third kappa shape index (κ3) is 5.07. The van der Waals surface area contributed by atoms with Crippen LogP contribution < -0.4 is 16.0 Å². The minimum Gasteiger partial charge on any atom is -0.388 e. The van der Waals surface area contributed by atoms with E-state index < -0.39 is 0 Å². The van der Waals surface area contributed by atoms with Gasteiger partial charge in [-0.25, -0.2) is 4.98 Å². The number of carbonyl (C=O) groups excluding carboxylic acids is 1. The second kappa shape index (κ2) is 9.70. The van der Waals surface area contributed by atoms with Crippen LogP contribution >= 0.6 is 0 Å². The van der Waals surface area contributed by atoms with Crippen LogP contribution in [-0.4, -0.2) is 27.9 Å². The number of aromatic nitrogens is 3. The zero-order valence-corrected chi connectivity index (χ0v) is 17.9. The van der Waals surface area contributed by atoms with E-state index in [2.05, 4.69) is 25.9 Å². The highest BCUT2D eigenvalue weighted by Gasteiger charge is 2.11. The number of nitrogens with one attached hydrogen (secondary N) is 3. The zero-order chi connectivity index (χ0) is 22.3. The molecule has 2 aromatic carbocycles. The van der Waals surface area contributed by atoms with Crippen molar-refractivity contribution in [3.8, 4) is 11.3 Å². The van der Waals surface area contributed by atoms with Crippen molar-refractivity contribution < 1.29 is 4.79 Å². The lowest BCUT2D eigenvalue weighted by atomic mass is 10.1. The average molecular weight is 425 g/mol. The summed E-state index contributed by atoms with van der Waals surface area (Å²) in [5.74, 6) is 0.483. The Kier molecular flexibility index (Phi) is 6.36. The van der Waals surface area contributed by atoms with Gasteiger partial charge in [0, 0.05) is 36.4 Å². The van der Waals surface area contributed by atoms with E-state index in [1.807, 2.05) is 62.5 Å². The van der Waals surface area contributed by atoms with Crippen molar-refractivity contribution >= 4 is 23.1 Å². The largest absolute Gasteiger partial charge is 0.388 e. The molecule has 0 aliphatic heterocycles. The summed E-state index contributed by atoms with van der Waals surface area (Å²) in [5.41, 5.74) is 5.07. The van der Waals surface area contributed by atoms with E-state index in [0.717, 1.165) is 28.2 Å². The van der Waals surface area contributed by atoms with Crippen LogP contribution in [0, 0.1) is 0 Å². The fraction of sp³-hybridized carbons (Fsp3) is 0.120. The topological polar surface area (TPSA) is 91.8 Å². The molecule has 0 unspecified atom stereocenters. The van der Waals surface area contributed by atoms with Crippen molar-refractivity contribution in [1.82, 2.24) is 15.0 Å². The number of pyridine rings is 1. The lowest BCUT2D eigenvalue weighted by Crippen LogP contribution is -2.13. The van der Waals surface area contributed by atoms with Gasteiger partial charge in [-0.15, -0.1) is 0 Å². The van der Waals surface area contributed by atoms with E-state index in [1.165, 1.54) is 0 Å². The van der Waals surface area contributed by atoms with Crippen LogP contribution in [0.3, 0.4) is 0 Å². The molecule has 3 N–H and O–H groups in total. The predicted molar refractivity (Wildman–Crippen MR) is 128 cm³/mol. The van der Waals surface area contributed by atoms with Crippen LogP contribution in [0.5, 0.6) is 0 Å². The highest BCUT2D eigenvalue weighted by Crippen LogP contribution is 2.24. The molecule has 0 saturated carbocycles. The SMILES string of the molecule is CNc1ccc(-c2cncc(N[C@@H](C)c3cccc(NC(=O)c4cccnc4)c3)n2)cc1. The normalized spacial score (nSPS) is 11.4. The Morgan fingerprint density at radius 1 is 0.906 bits per heavy atom. The molecular formula is C25H24N6O. The van der Waals surface area contributed by atoms with Crippen molar-refractivity contribution in [1.29, 1.82) is 0 Å². The summed E-state index contributed by atoms with van der Waals surface area (Å²) in [7, 11) is 1.89. The van der Waals surface area contributed by atoms with E-state index in [4.69, 9.17) is 4.98 Å². The first-order valence-corrected chi connectivity index (χ1v) is 10.3. The van der Waals surface area contributed by atoms with Crippen LogP contribution in [0.15, 0.2) is 85.5 Å². The van der Waals surface area contributed by atoms with Gasteiger partial charge in [0.1, 0.15) is 5.82 Å². The monoisotopic (exact) mass is 424 g/mol. The van der Waals surface area contributed by atoms with Crippen LogP contribution in [0.2, 0.25) is 0 Å². The van der Waals surface area contributed by atoms with Gasteiger partial charge in [-0.1, -0.05) is 24.3 Å². The molecule has 7 heteroatoms. The molecule has 4 aromatic rings. The highest BCUT2D eigenvalue weighted by atomic mass is 16.1. The van der Waals surface area contributed by atoms with E-state index in [-0.39, 0.29) is 11.9 Å². The number of benzene rings is 2. The van der Waals surface area contributed by atoms with Gasteiger partial charge in [0.25, 0.3) is 5.91 Å². The van der Waals surface area contributed by atoms with Gasteiger partial charge in [-0.05, 0) is 48.9 Å². The molecule has 0 aliphatic rings. The van der Waals surface area contributed by atoms with Crippen LogP contribution in [0.4, 0.5) is 17.2 Å². The number of nitrogens with zero attached hydrogens (tertiary/aromatic N) is 3. The van der Waals surface area contributed by atoms with Gasteiger partial charge >= 0.3 is 0 Å². The molecule has 160 valence electrons. The summed E-state index contributed by atoms with van der Waals surface area (Å²) in [6.07, 6.45) is 6.64. The van der Waals surface area contributed by atoms with Crippen molar-refractivity contribution in [2.45, 2.75) is 13.0 Å². The highest BCUT2D eigenvalue weighted by molar-refractivity contribution is 6.04. The summed E-state index contributed by atoms with van der Waals surface area (Å²) in [5, 5.41) is 9.42. The number of hydrogen-bond acceptors (Lipinski definition) is 6. The first-order chi connectivity index (χ1) is 15.6. The van der Waals surface area contributed by atoms with Gasteiger partial charge in [0.05, 0.1) is 29.7 Å². The summed E-state index contributed by atoms with van der Waals surface area (Å²) >= 11 is 0. The van der Waals surface area contributed by atoms with Crippen LogP contribution in [-0.2, 0) is 0 Å². The molecule has 0 fully saturated rings. The van der Waals surface area contributed by atoms with E-state index in [9.17, 15) is 4.79 Å². The molecule has 0 aliphatic carbocycles. The lowest BCUT2D eigenvalue weighted by molar-refractivity contribution is 0.102. The Balaban J connectivity index is 1.46. The Morgan fingerprint density at radius 2 is 1.75 bits per heavy atom.